The van der Waals surface area contributed by atoms with Crippen molar-refractivity contribution in [3.05, 3.63) is 61.6 Å². The number of rotatable bonds is 4. The molecule has 0 aliphatic heterocycles. The Bertz CT molecular complexity index is 910. The number of hydrogen-bond acceptors (Lipinski definition) is 3. The molecule has 0 unspecified atom stereocenters. The first-order valence-electron chi connectivity index (χ1n) is 6.62. The molecule has 2 heterocycles. The van der Waals surface area contributed by atoms with E-state index >= 15 is 0 Å². The molecule has 1 aromatic carbocycles. The Hall–Kier alpha value is -1.71. The highest BCUT2D eigenvalue weighted by Crippen LogP contribution is 2.26. The van der Waals surface area contributed by atoms with Crippen LogP contribution in [0.15, 0.2) is 39.5 Å². The summed E-state index contributed by atoms with van der Waals surface area (Å²) in [4.78, 5) is 12.2. The molecule has 0 saturated heterocycles. The van der Waals surface area contributed by atoms with E-state index in [9.17, 15) is 9.18 Å². The highest BCUT2D eigenvalue weighted by atomic mass is 79.9. The lowest BCUT2D eigenvalue weighted by Gasteiger charge is -2.03. The van der Waals surface area contributed by atoms with E-state index in [0.717, 1.165) is 0 Å². The van der Waals surface area contributed by atoms with Gasteiger partial charge in [-0.3, -0.25) is 14.6 Å². The molecule has 0 aliphatic carbocycles. The van der Waals surface area contributed by atoms with Crippen molar-refractivity contribution >= 4 is 55.2 Å². The van der Waals surface area contributed by atoms with E-state index in [1.807, 2.05) is 0 Å². The number of carbonyl (C=O) groups is 1. The average Bonchev–Trinajstić information content (AvgIpc) is 3.05. The number of carbonyl (C=O) groups excluding carboxylic acids is 1. The van der Waals surface area contributed by atoms with Crippen LogP contribution in [0, 0.1) is 5.82 Å². The first kappa shape index (κ1) is 17.1. The van der Waals surface area contributed by atoms with Gasteiger partial charge in [0.2, 0.25) is 0 Å². The van der Waals surface area contributed by atoms with Crippen LogP contribution in [-0.2, 0) is 6.54 Å². The third-order valence-corrected chi connectivity index (χ3v) is 5.28. The SMILES string of the molecule is O=C(Nc1nn(Cc2ccccc2F)cc1Cl)c1n[nH]c(Br)c1Br. The molecule has 1 amide bonds. The summed E-state index contributed by atoms with van der Waals surface area (Å²) in [6.07, 6.45) is 1.51. The molecular formula is C14H9Br2ClFN5O. The molecule has 2 aromatic heterocycles. The summed E-state index contributed by atoms with van der Waals surface area (Å²) in [5.74, 6) is -0.647. The first-order valence-corrected chi connectivity index (χ1v) is 8.59. The van der Waals surface area contributed by atoms with Crippen molar-refractivity contribution in [1.29, 1.82) is 0 Å². The van der Waals surface area contributed by atoms with E-state index in [0.29, 0.717) is 14.6 Å². The summed E-state index contributed by atoms with van der Waals surface area (Å²) in [7, 11) is 0. The van der Waals surface area contributed by atoms with Crippen LogP contribution < -0.4 is 5.32 Å². The quantitative estimate of drug-likeness (QED) is 0.591. The highest BCUT2D eigenvalue weighted by Gasteiger charge is 2.19. The number of aromatic nitrogens is 4. The molecule has 0 atom stereocenters. The third-order valence-electron chi connectivity index (χ3n) is 3.12. The zero-order valence-corrected chi connectivity index (χ0v) is 15.8. The van der Waals surface area contributed by atoms with Crippen LogP contribution in [-0.4, -0.2) is 25.9 Å². The van der Waals surface area contributed by atoms with Crippen molar-refractivity contribution in [2.75, 3.05) is 5.32 Å². The van der Waals surface area contributed by atoms with Crippen molar-refractivity contribution in [2.45, 2.75) is 6.54 Å². The molecule has 0 aliphatic rings. The van der Waals surface area contributed by atoms with Gasteiger partial charge in [0, 0.05) is 11.8 Å². The number of nitrogens with zero attached hydrogens (tertiary/aromatic N) is 3. The second-order valence-corrected chi connectivity index (χ2v) is 6.76. The molecule has 0 radical (unpaired) electrons. The van der Waals surface area contributed by atoms with E-state index in [4.69, 9.17) is 11.6 Å². The first-order chi connectivity index (χ1) is 11.5. The minimum absolute atomic E-state index is 0.154. The van der Waals surface area contributed by atoms with Gasteiger partial charge in [-0.2, -0.15) is 10.2 Å². The highest BCUT2D eigenvalue weighted by molar-refractivity contribution is 9.13. The lowest BCUT2D eigenvalue weighted by Crippen LogP contribution is -2.14. The molecule has 0 fully saturated rings. The Morgan fingerprint density at radius 2 is 2.12 bits per heavy atom. The Kier molecular flexibility index (Phi) is 5.02. The maximum atomic E-state index is 13.7. The zero-order chi connectivity index (χ0) is 17.3. The van der Waals surface area contributed by atoms with Gasteiger partial charge in [-0.1, -0.05) is 29.8 Å². The number of halogens is 4. The summed E-state index contributed by atoms with van der Waals surface area (Å²) in [6, 6.07) is 6.37. The van der Waals surface area contributed by atoms with Crippen LogP contribution in [0.3, 0.4) is 0 Å². The van der Waals surface area contributed by atoms with Crippen LogP contribution >= 0.6 is 43.5 Å². The van der Waals surface area contributed by atoms with Gasteiger partial charge in [0.25, 0.3) is 5.91 Å². The molecular weight excluding hydrogens is 468 g/mol. The Labute approximate surface area is 157 Å². The maximum Gasteiger partial charge on any atom is 0.278 e. The van der Waals surface area contributed by atoms with E-state index < -0.39 is 5.91 Å². The summed E-state index contributed by atoms with van der Waals surface area (Å²) in [5.41, 5.74) is 0.620. The van der Waals surface area contributed by atoms with Crippen molar-refractivity contribution in [2.24, 2.45) is 0 Å². The largest absolute Gasteiger partial charge is 0.302 e. The van der Waals surface area contributed by atoms with Crippen LogP contribution in [0.4, 0.5) is 10.2 Å². The standard InChI is InChI=1S/C14H9Br2ClFN5O/c15-10-11(20-21-12(10)16)14(24)19-13-8(17)6-23(22-13)5-7-3-1-2-4-9(7)18/h1-4,6H,5H2,(H,20,21)(H,19,22,24). The van der Waals surface area contributed by atoms with Crippen LogP contribution in [0.1, 0.15) is 16.1 Å². The Morgan fingerprint density at radius 3 is 2.79 bits per heavy atom. The van der Waals surface area contributed by atoms with Crippen molar-refractivity contribution in [1.82, 2.24) is 20.0 Å². The topological polar surface area (TPSA) is 75.6 Å². The fourth-order valence-corrected chi connectivity index (χ4v) is 2.82. The molecule has 2 N–H and O–H groups in total. The maximum absolute atomic E-state index is 13.7. The van der Waals surface area contributed by atoms with Gasteiger partial charge in [-0.15, -0.1) is 0 Å². The normalized spacial score (nSPS) is 10.8. The van der Waals surface area contributed by atoms with Gasteiger partial charge in [0.05, 0.1) is 11.0 Å². The second kappa shape index (κ2) is 7.04. The number of amides is 1. The van der Waals surface area contributed by atoms with E-state index in [2.05, 4.69) is 52.5 Å². The molecule has 10 heteroatoms. The molecule has 0 bridgehead atoms. The van der Waals surface area contributed by atoms with E-state index in [-0.39, 0.29) is 28.9 Å². The number of nitrogens with one attached hydrogen (secondary N) is 2. The van der Waals surface area contributed by atoms with E-state index in [1.165, 1.54) is 16.9 Å². The van der Waals surface area contributed by atoms with Crippen LogP contribution in [0.2, 0.25) is 5.02 Å². The molecule has 24 heavy (non-hydrogen) atoms. The van der Waals surface area contributed by atoms with Gasteiger partial charge in [-0.25, -0.2) is 4.39 Å². The lowest BCUT2D eigenvalue weighted by atomic mass is 10.2. The number of benzene rings is 1. The van der Waals surface area contributed by atoms with Gasteiger partial charge in [0.15, 0.2) is 11.5 Å². The van der Waals surface area contributed by atoms with Gasteiger partial charge in [-0.05, 0) is 37.9 Å². The number of H-pyrrole nitrogens is 1. The monoisotopic (exact) mass is 475 g/mol. The number of anilines is 1. The van der Waals surface area contributed by atoms with Gasteiger partial charge >= 0.3 is 0 Å². The number of hydrogen-bond donors (Lipinski definition) is 2. The van der Waals surface area contributed by atoms with Gasteiger partial charge in [0.1, 0.15) is 15.4 Å². The predicted molar refractivity (Wildman–Crippen MR) is 94.7 cm³/mol. The molecule has 3 rings (SSSR count). The van der Waals surface area contributed by atoms with Crippen LogP contribution in [0.25, 0.3) is 0 Å². The molecule has 0 saturated carbocycles. The van der Waals surface area contributed by atoms with Crippen LogP contribution in [0.5, 0.6) is 0 Å². The fourth-order valence-electron chi connectivity index (χ4n) is 1.99. The Balaban J connectivity index is 1.78. The van der Waals surface area contributed by atoms with Crippen molar-refractivity contribution in [3.63, 3.8) is 0 Å². The van der Waals surface area contributed by atoms with E-state index in [1.54, 1.807) is 18.2 Å². The predicted octanol–water partition coefficient (Wildman–Crippen LogP) is 4.22. The number of aromatic amines is 1. The third kappa shape index (κ3) is 3.52. The molecule has 3 aromatic rings. The average molecular weight is 478 g/mol. The minimum atomic E-state index is -0.484. The molecule has 0 spiro atoms. The summed E-state index contributed by atoms with van der Waals surface area (Å²) in [5, 5.41) is 13.5. The second-order valence-electron chi connectivity index (χ2n) is 4.77. The fraction of sp³-hybridized carbons (Fsp3) is 0.0714. The summed E-state index contributed by atoms with van der Waals surface area (Å²) < 4.78 is 16.2. The lowest BCUT2D eigenvalue weighted by molar-refractivity contribution is 0.102. The minimum Gasteiger partial charge on any atom is -0.302 e. The summed E-state index contributed by atoms with van der Waals surface area (Å²) >= 11 is 12.5. The Morgan fingerprint density at radius 1 is 1.38 bits per heavy atom. The smallest absolute Gasteiger partial charge is 0.278 e. The zero-order valence-electron chi connectivity index (χ0n) is 11.9. The van der Waals surface area contributed by atoms with Crippen molar-refractivity contribution < 1.29 is 9.18 Å². The molecule has 6 nitrogen and oxygen atoms in total. The van der Waals surface area contributed by atoms with Crippen molar-refractivity contribution in [3.8, 4) is 0 Å². The summed E-state index contributed by atoms with van der Waals surface area (Å²) in [6.45, 7) is 0.194. The van der Waals surface area contributed by atoms with Gasteiger partial charge < -0.3 is 5.32 Å². The molecule has 124 valence electrons.